The van der Waals surface area contributed by atoms with Crippen LogP contribution in [0, 0.1) is 5.92 Å². The Balaban J connectivity index is 1.03. The van der Waals surface area contributed by atoms with E-state index in [1.165, 1.54) is 6.20 Å². The van der Waals surface area contributed by atoms with E-state index < -0.39 is 6.29 Å². The van der Waals surface area contributed by atoms with Crippen LogP contribution >= 0.6 is 0 Å². The number of hydrogen-bond donors (Lipinski definition) is 2. The monoisotopic (exact) mass is 645 g/mol. The maximum absolute atomic E-state index is 12.8. The number of fused-ring (bicyclic) bond motifs is 1. The number of benzene rings is 3. The van der Waals surface area contributed by atoms with Crippen molar-refractivity contribution in [1.82, 2.24) is 30.2 Å². The van der Waals surface area contributed by atoms with Crippen molar-refractivity contribution >= 4 is 22.9 Å². The minimum absolute atomic E-state index is 0.00181. The van der Waals surface area contributed by atoms with Gasteiger partial charge >= 0.3 is 0 Å². The van der Waals surface area contributed by atoms with Gasteiger partial charge in [0.05, 0.1) is 36.0 Å². The zero-order valence-corrected chi connectivity index (χ0v) is 26.9. The zero-order valence-electron chi connectivity index (χ0n) is 26.9. The molecule has 3 aromatic carbocycles. The van der Waals surface area contributed by atoms with Gasteiger partial charge in [-0.3, -0.25) is 14.7 Å². The molecule has 1 amide bonds. The molecule has 4 unspecified atom stereocenters. The van der Waals surface area contributed by atoms with Crippen molar-refractivity contribution in [2.75, 3.05) is 37.6 Å². The third kappa shape index (κ3) is 7.19. The number of carbonyl (C=O) groups is 1. The van der Waals surface area contributed by atoms with Crippen LogP contribution in [0.3, 0.4) is 0 Å². The standard InChI is InChI=1S/C37H39N7O4/c1-25-33(23-43-17-19-44(20-18-43)37-38-15-4-16-39-37)47-36(48-34(25)28-11-9-27(24-45)10-12-28)29-13-7-26(8-14-29)21-41-35(46)32-22-40-30-5-2-3-6-31(30)42-32/h2-16,22,25,33-34,36,45H,17-21,23-24H2,1H3,(H,41,46). The molecule has 2 aromatic heterocycles. The van der Waals surface area contributed by atoms with Gasteiger partial charge in [-0.15, -0.1) is 0 Å². The first kappa shape index (κ1) is 31.8. The van der Waals surface area contributed by atoms with Crippen molar-refractivity contribution in [3.05, 3.63) is 125 Å². The molecule has 0 saturated carbocycles. The summed E-state index contributed by atoms with van der Waals surface area (Å²) >= 11 is 0. The topological polar surface area (TPSA) is 126 Å². The second-order valence-corrected chi connectivity index (χ2v) is 12.3. The fourth-order valence-corrected chi connectivity index (χ4v) is 6.30. The Hall–Kier alpha value is -4.81. The number of carbonyl (C=O) groups excluding carboxylic acids is 1. The first-order valence-corrected chi connectivity index (χ1v) is 16.4. The van der Waals surface area contributed by atoms with E-state index >= 15 is 0 Å². The Morgan fingerprint density at radius 2 is 1.52 bits per heavy atom. The third-order valence-corrected chi connectivity index (χ3v) is 9.15. The van der Waals surface area contributed by atoms with Gasteiger partial charge in [-0.05, 0) is 34.9 Å². The molecule has 4 heterocycles. The number of hydrogen-bond acceptors (Lipinski definition) is 10. The number of aromatic nitrogens is 4. The first-order valence-electron chi connectivity index (χ1n) is 16.4. The van der Waals surface area contributed by atoms with Gasteiger partial charge in [0.2, 0.25) is 5.95 Å². The van der Waals surface area contributed by atoms with E-state index in [2.05, 4.69) is 42.0 Å². The second-order valence-electron chi connectivity index (χ2n) is 12.3. The molecule has 246 valence electrons. The van der Waals surface area contributed by atoms with Crippen LogP contribution in [0.25, 0.3) is 11.0 Å². The lowest BCUT2D eigenvalue weighted by molar-refractivity contribution is -0.276. The molecule has 2 aliphatic heterocycles. The van der Waals surface area contributed by atoms with Gasteiger partial charge in [0.15, 0.2) is 6.29 Å². The normalized spacial score (nSPS) is 21.7. The van der Waals surface area contributed by atoms with Gasteiger partial charge in [-0.2, -0.15) is 0 Å². The number of nitrogens with zero attached hydrogens (tertiary/aromatic N) is 6. The molecule has 7 rings (SSSR count). The third-order valence-electron chi connectivity index (χ3n) is 9.15. The molecule has 2 N–H and O–H groups in total. The highest BCUT2D eigenvalue weighted by atomic mass is 16.7. The molecule has 0 radical (unpaired) electrons. The van der Waals surface area contributed by atoms with Crippen LogP contribution in [0.5, 0.6) is 0 Å². The summed E-state index contributed by atoms with van der Waals surface area (Å²) in [5.74, 6) is 0.578. The van der Waals surface area contributed by atoms with Crippen LogP contribution in [0.4, 0.5) is 5.95 Å². The van der Waals surface area contributed by atoms with Crippen molar-refractivity contribution in [1.29, 1.82) is 0 Å². The van der Waals surface area contributed by atoms with E-state index in [1.807, 2.05) is 78.9 Å². The van der Waals surface area contributed by atoms with Crippen LogP contribution < -0.4 is 10.2 Å². The van der Waals surface area contributed by atoms with Gasteiger partial charge in [-0.25, -0.2) is 15.0 Å². The highest BCUT2D eigenvalue weighted by Crippen LogP contribution is 2.42. The number of aliphatic hydroxyl groups is 1. The van der Waals surface area contributed by atoms with E-state index in [4.69, 9.17) is 9.47 Å². The van der Waals surface area contributed by atoms with Crippen LogP contribution in [-0.4, -0.2) is 74.7 Å². The number of para-hydroxylation sites is 2. The summed E-state index contributed by atoms with van der Waals surface area (Å²) in [6, 6.07) is 25.3. The number of anilines is 1. The minimum atomic E-state index is -0.566. The SMILES string of the molecule is CC1C(CN2CCN(c3ncccn3)CC2)OC(c2ccc(CNC(=O)c3cnc4ccccc4n3)cc2)OC1c1ccc(CO)cc1. The lowest BCUT2D eigenvalue weighted by Crippen LogP contribution is -2.51. The van der Waals surface area contributed by atoms with Crippen molar-refractivity contribution in [2.24, 2.45) is 5.92 Å². The quantitative estimate of drug-likeness (QED) is 0.237. The smallest absolute Gasteiger partial charge is 0.271 e. The predicted octanol–water partition coefficient (Wildman–Crippen LogP) is 4.46. The van der Waals surface area contributed by atoms with Crippen molar-refractivity contribution in [2.45, 2.75) is 38.6 Å². The van der Waals surface area contributed by atoms with Crippen molar-refractivity contribution in [3.63, 3.8) is 0 Å². The maximum atomic E-state index is 12.8. The fraction of sp³-hybridized carbons (Fsp3) is 0.324. The maximum Gasteiger partial charge on any atom is 0.271 e. The summed E-state index contributed by atoms with van der Waals surface area (Å²) in [6.45, 7) is 6.78. The highest BCUT2D eigenvalue weighted by molar-refractivity contribution is 5.93. The van der Waals surface area contributed by atoms with E-state index in [-0.39, 0.29) is 36.3 Å². The van der Waals surface area contributed by atoms with Gasteiger partial charge < -0.3 is 24.8 Å². The molecule has 0 aliphatic carbocycles. The van der Waals surface area contributed by atoms with Gasteiger partial charge in [0, 0.05) is 63.1 Å². The summed E-state index contributed by atoms with van der Waals surface area (Å²) < 4.78 is 13.4. The summed E-state index contributed by atoms with van der Waals surface area (Å²) in [5.41, 5.74) is 5.48. The zero-order chi connectivity index (χ0) is 32.9. The minimum Gasteiger partial charge on any atom is -0.392 e. The molecule has 48 heavy (non-hydrogen) atoms. The molecule has 11 heteroatoms. The van der Waals surface area contributed by atoms with E-state index in [0.29, 0.717) is 12.1 Å². The summed E-state index contributed by atoms with van der Waals surface area (Å²) in [5, 5.41) is 12.5. The Bertz CT molecular complexity index is 1820. The largest absolute Gasteiger partial charge is 0.392 e. The summed E-state index contributed by atoms with van der Waals surface area (Å²) in [6.07, 6.45) is 4.23. The molecule has 5 aromatic rings. The van der Waals surface area contributed by atoms with Crippen molar-refractivity contribution < 1.29 is 19.4 Å². The average molecular weight is 646 g/mol. The number of amides is 1. The number of aliphatic hydroxyl groups excluding tert-OH is 1. The van der Waals surface area contributed by atoms with Crippen LogP contribution in [-0.2, 0) is 22.6 Å². The Morgan fingerprint density at radius 3 is 2.25 bits per heavy atom. The lowest BCUT2D eigenvalue weighted by atomic mass is 9.90. The molecule has 2 aliphatic rings. The van der Waals surface area contributed by atoms with Gasteiger partial charge in [0.1, 0.15) is 5.69 Å². The van der Waals surface area contributed by atoms with Gasteiger partial charge in [-0.1, -0.05) is 67.6 Å². The molecule has 0 spiro atoms. The molecule has 11 nitrogen and oxygen atoms in total. The fourth-order valence-electron chi connectivity index (χ4n) is 6.30. The predicted molar refractivity (Wildman–Crippen MR) is 181 cm³/mol. The van der Waals surface area contributed by atoms with E-state index in [9.17, 15) is 9.90 Å². The molecule has 4 atom stereocenters. The summed E-state index contributed by atoms with van der Waals surface area (Å²) in [7, 11) is 0. The van der Waals surface area contributed by atoms with Crippen LogP contribution in [0.15, 0.2) is 97.5 Å². The Morgan fingerprint density at radius 1 is 0.833 bits per heavy atom. The molecular formula is C37H39N7O4. The Labute approximate surface area is 279 Å². The number of nitrogens with one attached hydrogen (secondary N) is 1. The second kappa shape index (κ2) is 14.5. The van der Waals surface area contributed by atoms with Crippen LogP contribution in [0.2, 0.25) is 0 Å². The summed E-state index contributed by atoms with van der Waals surface area (Å²) in [4.78, 5) is 35.1. The molecule has 2 fully saturated rings. The number of ether oxygens (including phenoxy) is 2. The Kier molecular flexibility index (Phi) is 9.62. The molecule has 2 saturated heterocycles. The van der Waals surface area contributed by atoms with Crippen molar-refractivity contribution in [3.8, 4) is 0 Å². The molecular weight excluding hydrogens is 606 g/mol. The molecule has 0 bridgehead atoms. The first-order chi connectivity index (χ1) is 23.5. The van der Waals surface area contributed by atoms with E-state index in [1.54, 1.807) is 12.4 Å². The van der Waals surface area contributed by atoms with E-state index in [0.717, 1.165) is 66.4 Å². The number of piperazine rings is 1. The average Bonchev–Trinajstić information content (AvgIpc) is 3.15. The van der Waals surface area contributed by atoms with Crippen LogP contribution in [0.1, 0.15) is 52.1 Å². The number of rotatable bonds is 9. The lowest BCUT2D eigenvalue weighted by Gasteiger charge is -2.44. The van der Waals surface area contributed by atoms with Gasteiger partial charge in [0.25, 0.3) is 5.91 Å². The highest BCUT2D eigenvalue weighted by Gasteiger charge is 2.39.